The second-order valence-electron chi connectivity index (χ2n) is 3.55. The molecule has 0 saturated carbocycles. The second-order valence-corrected chi connectivity index (χ2v) is 4.66. The van der Waals surface area contributed by atoms with Crippen molar-refractivity contribution in [2.75, 3.05) is 5.32 Å². The molecule has 2 rings (SSSR count). The number of nitriles is 1. The third-order valence-corrected chi connectivity index (χ3v) is 3.49. The minimum absolute atomic E-state index is 0.231. The first-order valence-electron chi connectivity index (χ1n) is 5.11. The summed E-state index contributed by atoms with van der Waals surface area (Å²) < 4.78 is 0. The zero-order chi connectivity index (χ0) is 11.4. The highest BCUT2D eigenvalue weighted by atomic mass is 32.1. The number of para-hydroxylation sites is 1. The fraction of sp³-hybridized carbons (Fsp3) is 0.154. The van der Waals surface area contributed by atoms with E-state index in [4.69, 9.17) is 5.26 Å². The maximum absolute atomic E-state index is 8.76. The molecule has 0 aliphatic rings. The predicted molar refractivity (Wildman–Crippen MR) is 67.5 cm³/mol. The molecule has 0 radical (unpaired) electrons. The molecular weight excluding hydrogens is 216 g/mol. The van der Waals surface area contributed by atoms with E-state index in [1.807, 2.05) is 42.5 Å². The molecule has 0 aliphatic heterocycles. The molecule has 1 unspecified atom stereocenters. The number of anilines is 1. The SMILES string of the molecule is CC(Nc1ccccc1)c1ccc(C#N)s1. The van der Waals surface area contributed by atoms with E-state index >= 15 is 0 Å². The van der Waals surface area contributed by atoms with Crippen LogP contribution in [0.1, 0.15) is 22.7 Å². The van der Waals surface area contributed by atoms with E-state index in [0.29, 0.717) is 0 Å². The quantitative estimate of drug-likeness (QED) is 0.867. The van der Waals surface area contributed by atoms with Crippen LogP contribution in [0, 0.1) is 11.3 Å². The molecule has 16 heavy (non-hydrogen) atoms. The van der Waals surface area contributed by atoms with E-state index in [9.17, 15) is 0 Å². The normalized spacial score (nSPS) is 11.8. The number of rotatable bonds is 3. The van der Waals surface area contributed by atoms with E-state index in [1.54, 1.807) is 0 Å². The van der Waals surface area contributed by atoms with Gasteiger partial charge in [-0.15, -0.1) is 11.3 Å². The first-order chi connectivity index (χ1) is 7.79. The van der Waals surface area contributed by atoms with Crippen LogP contribution in [0.5, 0.6) is 0 Å². The molecule has 2 nitrogen and oxygen atoms in total. The van der Waals surface area contributed by atoms with Crippen molar-refractivity contribution in [2.45, 2.75) is 13.0 Å². The maximum atomic E-state index is 8.76. The molecule has 0 amide bonds. The summed E-state index contributed by atoms with van der Waals surface area (Å²) in [5.74, 6) is 0. The molecule has 1 heterocycles. The van der Waals surface area contributed by atoms with Crippen LogP contribution in [0.4, 0.5) is 5.69 Å². The van der Waals surface area contributed by atoms with Crippen molar-refractivity contribution in [3.05, 3.63) is 52.2 Å². The Morgan fingerprint density at radius 3 is 2.56 bits per heavy atom. The largest absolute Gasteiger partial charge is 0.378 e. The molecular formula is C13H12N2S. The van der Waals surface area contributed by atoms with Crippen LogP contribution in [-0.2, 0) is 0 Å². The van der Waals surface area contributed by atoms with Crippen LogP contribution < -0.4 is 5.32 Å². The van der Waals surface area contributed by atoms with Crippen molar-refractivity contribution in [3.63, 3.8) is 0 Å². The molecule has 0 fully saturated rings. The molecule has 3 heteroatoms. The van der Waals surface area contributed by atoms with E-state index in [1.165, 1.54) is 16.2 Å². The van der Waals surface area contributed by atoms with Crippen molar-refractivity contribution in [1.29, 1.82) is 5.26 Å². The number of benzene rings is 1. The number of hydrogen-bond donors (Lipinski definition) is 1. The molecule has 0 saturated heterocycles. The van der Waals surface area contributed by atoms with Gasteiger partial charge >= 0.3 is 0 Å². The lowest BCUT2D eigenvalue weighted by Gasteiger charge is -2.13. The Morgan fingerprint density at radius 1 is 1.19 bits per heavy atom. The van der Waals surface area contributed by atoms with Gasteiger partial charge in [0.1, 0.15) is 10.9 Å². The monoisotopic (exact) mass is 228 g/mol. The number of hydrogen-bond acceptors (Lipinski definition) is 3. The smallest absolute Gasteiger partial charge is 0.110 e. The molecule has 0 aliphatic carbocycles. The summed E-state index contributed by atoms with van der Waals surface area (Å²) in [6.07, 6.45) is 0. The highest BCUT2D eigenvalue weighted by Crippen LogP contribution is 2.25. The summed E-state index contributed by atoms with van der Waals surface area (Å²) in [6, 6.07) is 16.3. The predicted octanol–water partition coefficient (Wildman–Crippen LogP) is 3.79. The van der Waals surface area contributed by atoms with Crippen LogP contribution in [-0.4, -0.2) is 0 Å². The Morgan fingerprint density at radius 2 is 1.94 bits per heavy atom. The third-order valence-electron chi connectivity index (χ3n) is 2.32. The van der Waals surface area contributed by atoms with E-state index in [2.05, 4.69) is 18.3 Å². The molecule has 1 aromatic heterocycles. The molecule has 2 aromatic rings. The van der Waals surface area contributed by atoms with Crippen molar-refractivity contribution >= 4 is 17.0 Å². The van der Waals surface area contributed by atoms with Gasteiger partial charge in [0.25, 0.3) is 0 Å². The Hall–Kier alpha value is -1.79. The highest BCUT2D eigenvalue weighted by Gasteiger charge is 2.07. The third kappa shape index (κ3) is 2.41. The van der Waals surface area contributed by atoms with Gasteiger partial charge in [-0.25, -0.2) is 0 Å². The molecule has 0 spiro atoms. The van der Waals surface area contributed by atoms with Crippen LogP contribution in [0.2, 0.25) is 0 Å². The fourth-order valence-electron chi connectivity index (χ4n) is 1.50. The standard InChI is InChI=1S/C13H12N2S/c1-10(13-8-7-12(9-14)16-13)15-11-5-3-2-4-6-11/h2-8,10,15H,1H3. The first kappa shape index (κ1) is 10.7. The van der Waals surface area contributed by atoms with Gasteiger partial charge < -0.3 is 5.32 Å². The Balaban J connectivity index is 2.09. The second kappa shape index (κ2) is 4.82. The minimum atomic E-state index is 0.231. The zero-order valence-corrected chi connectivity index (χ0v) is 9.79. The van der Waals surface area contributed by atoms with E-state index < -0.39 is 0 Å². The summed E-state index contributed by atoms with van der Waals surface area (Å²) in [4.78, 5) is 1.94. The Bertz CT molecular complexity index is 496. The number of thiophene rings is 1. The molecule has 0 bridgehead atoms. The van der Waals surface area contributed by atoms with Gasteiger partial charge in [-0.2, -0.15) is 5.26 Å². The van der Waals surface area contributed by atoms with Gasteiger partial charge in [0.15, 0.2) is 0 Å². The van der Waals surface area contributed by atoms with E-state index in [-0.39, 0.29) is 6.04 Å². The molecule has 1 N–H and O–H groups in total. The zero-order valence-electron chi connectivity index (χ0n) is 8.97. The number of nitrogens with zero attached hydrogens (tertiary/aromatic N) is 1. The van der Waals surface area contributed by atoms with Gasteiger partial charge in [0, 0.05) is 10.6 Å². The van der Waals surface area contributed by atoms with Crippen molar-refractivity contribution < 1.29 is 0 Å². The van der Waals surface area contributed by atoms with Crippen LogP contribution in [0.25, 0.3) is 0 Å². The lowest BCUT2D eigenvalue weighted by atomic mass is 10.2. The fourth-order valence-corrected chi connectivity index (χ4v) is 2.31. The molecule has 80 valence electrons. The average Bonchev–Trinajstić information content (AvgIpc) is 2.79. The lowest BCUT2D eigenvalue weighted by Crippen LogP contribution is -2.04. The van der Waals surface area contributed by atoms with Gasteiger partial charge in [-0.05, 0) is 31.2 Å². The van der Waals surface area contributed by atoms with Gasteiger partial charge in [0.2, 0.25) is 0 Å². The van der Waals surface area contributed by atoms with Gasteiger partial charge in [-0.3, -0.25) is 0 Å². The van der Waals surface area contributed by atoms with Crippen LogP contribution in [0.3, 0.4) is 0 Å². The highest BCUT2D eigenvalue weighted by molar-refractivity contribution is 7.12. The van der Waals surface area contributed by atoms with E-state index in [0.717, 1.165) is 10.6 Å². The maximum Gasteiger partial charge on any atom is 0.110 e. The average molecular weight is 228 g/mol. The Labute approximate surface area is 99.2 Å². The summed E-state index contributed by atoms with van der Waals surface area (Å²) in [5.41, 5.74) is 1.10. The first-order valence-corrected chi connectivity index (χ1v) is 5.92. The van der Waals surface area contributed by atoms with Crippen LogP contribution >= 0.6 is 11.3 Å². The summed E-state index contributed by atoms with van der Waals surface area (Å²) >= 11 is 1.54. The van der Waals surface area contributed by atoms with Crippen molar-refractivity contribution in [2.24, 2.45) is 0 Å². The van der Waals surface area contributed by atoms with Crippen LogP contribution in [0.15, 0.2) is 42.5 Å². The molecule has 1 aromatic carbocycles. The Kier molecular flexibility index (Phi) is 3.23. The van der Waals surface area contributed by atoms with Gasteiger partial charge in [-0.1, -0.05) is 18.2 Å². The van der Waals surface area contributed by atoms with Crippen molar-refractivity contribution in [1.82, 2.24) is 0 Å². The lowest BCUT2D eigenvalue weighted by molar-refractivity contribution is 0.908. The number of nitrogens with one attached hydrogen (secondary N) is 1. The summed E-state index contributed by atoms with van der Waals surface area (Å²) in [7, 11) is 0. The summed E-state index contributed by atoms with van der Waals surface area (Å²) in [6.45, 7) is 2.10. The molecule has 1 atom stereocenters. The van der Waals surface area contributed by atoms with Gasteiger partial charge in [0.05, 0.1) is 6.04 Å². The minimum Gasteiger partial charge on any atom is -0.378 e. The summed E-state index contributed by atoms with van der Waals surface area (Å²) in [5, 5.41) is 12.2. The topological polar surface area (TPSA) is 35.8 Å². The van der Waals surface area contributed by atoms with Crippen molar-refractivity contribution in [3.8, 4) is 6.07 Å².